The van der Waals surface area contributed by atoms with Crippen LogP contribution < -0.4 is 11.4 Å². The van der Waals surface area contributed by atoms with Crippen molar-refractivity contribution in [2.24, 2.45) is 0 Å². The Balaban J connectivity index is 1.71. The zero-order chi connectivity index (χ0) is 18.1. The third-order valence-electron chi connectivity index (χ3n) is 3.94. The minimum Gasteiger partial charge on any atom is -0.334 e. The summed E-state index contributed by atoms with van der Waals surface area (Å²) in [5.74, 6) is 6.58. The molecule has 2 heterocycles. The number of aromatic nitrogens is 2. The van der Waals surface area contributed by atoms with Crippen molar-refractivity contribution in [1.82, 2.24) is 9.66 Å². The van der Waals surface area contributed by atoms with Gasteiger partial charge in [-0.1, -0.05) is 71.9 Å². The average Bonchev–Trinajstić information content (AvgIpc) is 3.10. The molecule has 0 aliphatic carbocycles. The van der Waals surface area contributed by atoms with Crippen LogP contribution in [0.15, 0.2) is 70.6 Å². The number of nitrogens with two attached hydrogens (primary N) is 1. The number of halogens is 1. The van der Waals surface area contributed by atoms with E-state index in [2.05, 4.69) is 4.98 Å². The molecule has 0 aliphatic heterocycles. The lowest BCUT2D eigenvalue weighted by atomic mass is 10.2. The quantitative estimate of drug-likeness (QED) is 0.304. The van der Waals surface area contributed by atoms with Crippen LogP contribution in [0, 0.1) is 0 Å². The molecule has 7 heteroatoms. The van der Waals surface area contributed by atoms with E-state index in [1.54, 1.807) is 0 Å². The number of rotatable bonds is 4. The minimum atomic E-state index is -0.241. The van der Waals surface area contributed by atoms with Crippen molar-refractivity contribution in [2.45, 2.75) is 10.9 Å². The van der Waals surface area contributed by atoms with Crippen LogP contribution in [0.4, 0.5) is 0 Å². The molecule has 26 heavy (non-hydrogen) atoms. The lowest BCUT2D eigenvalue weighted by Crippen LogP contribution is -2.29. The number of thioether (sulfide) groups is 1. The second-order valence-corrected chi connectivity index (χ2v) is 8.03. The lowest BCUT2D eigenvalue weighted by molar-refractivity contribution is 0.782. The van der Waals surface area contributed by atoms with E-state index in [0.717, 1.165) is 20.7 Å². The number of thiophene rings is 1. The highest BCUT2D eigenvalue weighted by Crippen LogP contribution is 2.32. The number of hydrogen-bond acceptors (Lipinski definition) is 5. The van der Waals surface area contributed by atoms with E-state index in [9.17, 15) is 4.79 Å². The first-order valence-electron chi connectivity index (χ1n) is 7.87. The number of fused-ring (bicyclic) bond motifs is 1. The molecule has 4 rings (SSSR count). The maximum atomic E-state index is 12.6. The lowest BCUT2D eigenvalue weighted by Gasteiger charge is -2.07. The molecule has 0 saturated heterocycles. The summed E-state index contributed by atoms with van der Waals surface area (Å²) in [4.78, 5) is 18.9. The van der Waals surface area contributed by atoms with Crippen LogP contribution in [0.25, 0.3) is 20.7 Å². The molecule has 130 valence electrons. The molecule has 0 unspecified atom stereocenters. The molecule has 0 radical (unpaired) electrons. The first-order valence-corrected chi connectivity index (χ1v) is 10.0. The highest BCUT2D eigenvalue weighted by molar-refractivity contribution is 7.98. The predicted molar refractivity (Wildman–Crippen MR) is 110 cm³/mol. The molecule has 2 aromatic carbocycles. The van der Waals surface area contributed by atoms with Gasteiger partial charge in [0.1, 0.15) is 4.83 Å². The number of hydrogen-bond donors (Lipinski definition) is 1. The van der Waals surface area contributed by atoms with Gasteiger partial charge in [0.15, 0.2) is 5.16 Å². The maximum Gasteiger partial charge on any atom is 0.281 e. The molecule has 0 atom stereocenters. The highest BCUT2D eigenvalue weighted by Gasteiger charge is 2.14. The van der Waals surface area contributed by atoms with Crippen LogP contribution in [-0.4, -0.2) is 9.66 Å². The van der Waals surface area contributed by atoms with Gasteiger partial charge in [0.25, 0.3) is 5.56 Å². The van der Waals surface area contributed by atoms with E-state index < -0.39 is 0 Å². The van der Waals surface area contributed by atoms with Crippen LogP contribution in [0.3, 0.4) is 0 Å². The van der Waals surface area contributed by atoms with Gasteiger partial charge in [-0.3, -0.25) is 4.79 Å². The zero-order valence-corrected chi connectivity index (χ0v) is 15.9. The van der Waals surface area contributed by atoms with E-state index in [-0.39, 0.29) is 5.56 Å². The van der Waals surface area contributed by atoms with Gasteiger partial charge in [0.2, 0.25) is 0 Å². The summed E-state index contributed by atoms with van der Waals surface area (Å²) in [6.45, 7) is 0. The fraction of sp³-hybridized carbons (Fsp3) is 0.0526. The van der Waals surface area contributed by atoms with Crippen LogP contribution in [0.1, 0.15) is 5.56 Å². The van der Waals surface area contributed by atoms with Gasteiger partial charge in [-0.15, -0.1) is 11.3 Å². The summed E-state index contributed by atoms with van der Waals surface area (Å²) in [6.07, 6.45) is 0. The summed E-state index contributed by atoms with van der Waals surface area (Å²) in [5.41, 5.74) is 1.79. The Labute approximate surface area is 163 Å². The Morgan fingerprint density at radius 2 is 1.85 bits per heavy atom. The van der Waals surface area contributed by atoms with E-state index in [1.165, 1.54) is 23.1 Å². The summed E-state index contributed by atoms with van der Waals surface area (Å²) >= 11 is 9.09. The Hall–Kier alpha value is -2.28. The summed E-state index contributed by atoms with van der Waals surface area (Å²) in [6, 6.07) is 19.4. The molecule has 0 fully saturated rings. The van der Waals surface area contributed by atoms with Crippen molar-refractivity contribution in [3.05, 3.63) is 81.6 Å². The van der Waals surface area contributed by atoms with Gasteiger partial charge in [-0.25, -0.2) is 9.66 Å². The van der Waals surface area contributed by atoms with E-state index in [1.807, 2.05) is 60.7 Å². The Morgan fingerprint density at radius 3 is 2.62 bits per heavy atom. The average molecular weight is 400 g/mol. The first-order chi connectivity index (χ1) is 12.6. The fourth-order valence-corrected chi connectivity index (χ4v) is 4.86. The molecule has 0 aliphatic rings. The van der Waals surface area contributed by atoms with Gasteiger partial charge < -0.3 is 5.84 Å². The first kappa shape index (κ1) is 17.1. The van der Waals surface area contributed by atoms with Crippen molar-refractivity contribution in [3.8, 4) is 10.4 Å². The molecule has 0 amide bonds. The summed E-state index contributed by atoms with van der Waals surface area (Å²) in [5, 5.41) is 1.71. The third kappa shape index (κ3) is 3.23. The van der Waals surface area contributed by atoms with E-state index >= 15 is 0 Å². The van der Waals surface area contributed by atoms with Crippen molar-refractivity contribution in [3.63, 3.8) is 0 Å². The number of nitrogens with zero attached hydrogens (tertiary/aromatic N) is 2. The molecule has 0 saturated carbocycles. The van der Waals surface area contributed by atoms with Crippen molar-refractivity contribution in [1.29, 1.82) is 0 Å². The van der Waals surface area contributed by atoms with Crippen molar-refractivity contribution < 1.29 is 0 Å². The van der Waals surface area contributed by atoms with Crippen LogP contribution >= 0.6 is 34.7 Å². The van der Waals surface area contributed by atoms with Crippen LogP contribution in [-0.2, 0) is 5.75 Å². The molecule has 0 bridgehead atoms. The van der Waals surface area contributed by atoms with Crippen LogP contribution in [0.2, 0.25) is 5.02 Å². The Kier molecular flexibility index (Phi) is 4.72. The molecular formula is C19H14ClN3OS2. The van der Waals surface area contributed by atoms with Gasteiger partial charge in [0, 0.05) is 15.7 Å². The summed E-state index contributed by atoms with van der Waals surface area (Å²) < 4.78 is 1.12. The monoisotopic (exact) mass is 399 g/mol. The van der Waals surface area contributed by atoms with Crippen molar-refractivity contribution >= 4 is 44.9 Å². The summed E-state index contributed by atoms with van der Waals surface area (Å²) in [7, 11) is 0. The zero-order valence-electron chi connectivity index (χ0n) is 13.6. The SMILES string of the molecule is Nn1c(SCc2ccccc2Cl)nc2sc(-c3ccccc3)cc2c1=O. The highest BCUT2D eigenvalue weighted by atomic mass is 35.5. The van der Waals surface area contributed by atoms with Gasteiger partial charge in [0.05, 0.1) is 5.39 Å². The second-order valence-electron chi connectivity index (χ2n) is 5.65. The Bertz CT molecular complexity index is 1140. The molecule has 4 nitrogen and oxygen atoms in total. The second kappa shape index (κ2) is 7.15. The van der Waals surface area contributed by atoms with Crippen LogP contribution in [0.5, 0.6) is 0 Å². The largest absolute Gasteiger partial charge is 0.334 e. The molecule has 4 aromatic rings. The normalized spacial score (nSPS) is 11.1. The van der Waals surface area contributed by atoms with Gasteiger partial charge >= 0.3 is 0 Å². The molecule has 2 aromatic heterocycles. The predicted octanol–water partition coefficient (Wildman–Crippen LogP) is 4.78. The smallest absolute Gasteiger partial charge is 0.281 e. The van der Waals surface area contributed by atoms with Gasteiger partial charge in [-0.05, 0) is 23.3 Å². The standard InChI is InChI=1S/C19H14ClN3OS2/c20-15-9-5-4-8-13(15)11-25-19-22-17-14(18(24)23(19)21)10-16(26-17)12-6-2-1-3-7-12/h1-10H,11,21H2. The van der Waals surface area contributed by atoms with Crippen molar-refractivity contribution in [2.75, 3.05) is 5.84 Å². The molecule has 0 spiro atoms. The maximum absolute atomic E-state index is 12.6. The van der Waals surface area contributed by atoms with Gasteiger partial charge in [-0.2, -0.15) is 0 Å². The minimum absolute atomic E-state index is 0.241. The number of nitrogen functional groups attached to an aromatic ring is 1. The third-order valence-corrected chi connectivity index (χ3v) is 6.39. The fourth-order valence-electron chi connectivity index (χ4n) is 2.58. The van der Waals surface area contributed by atoms with E-state index in [4.69, 9.17) is 17.4 Å². The number of benzene rings is 2. The van der Waals surface area contributed by atoms with E-state index in [0.29, 0.717) is 26.1 Å². The topological polar surface area (TPSA) is 60.9 Å². The Morgan fingerprint density at radius 1 is 1.12 bits per heavy atom. The molecule has 2 N–H and O–H groups in total. The molecular weight excluding hydrogens is 386 g/mol.